The number of hydrogen-bond donors (Lipinski definition) is 1. The molecule has 41 heavy (non-hydrogen) atoms. The number of halogens is 1. The van der Waals surface area contributed by atoms with Crippen LogP contribution in [-0.4, -0.2) is 35.7 Å². The van der Waals surface area contributed by atoms with Gasteiger partial charge in [-0.05, 0) is 81.1 Å². The van der Waals surface area contributed by atoms with Crippen LogP contribution in [0.1, 0.15) is 49.3 Å². The van der Waals surface area contributed by atoms with E-state index in [2.05, 4.69) is 17.6 Å². The van der Waals surface area contributed by atoms with Crippen molar-refractivity contribution in [2.24, 2.45) is 0 Å². The van der Waals surface area contributed by atoms with E-state index in [1.54, 1.807) is 6.07 Å². The number of hydrogen-bond acceptors (Lipinski definition) is 5. The van der Waals surface area contributed by atoms with Crippen LogP contribution < -0.4 is 10.6 Å². The quantitative estimate of drug-likeness (QED) is 0.203. The SMILES string of the molecule is COC(=O)[C@@H](OC(C)(C)C)c1c(C)c2c3c(cc(C)n3CCN2C(=O)Cc2ccccc2N)c1-c1ccc(Cl)cc1. The first kappa shape index (κ1) is 28.7. The molecular formula is C33H36ClN3O4. The monoisotopic (exact) mass is 573 g/mol. The maximum atomic E-state index is 13.9. The van der Waals surface area contributed by atoms with Gasteiger partial charge >= 0.3 is 5.97 Å². The van der Waals surface area contributed by atoms with Gasteiger partial charge < -0.3 is 24.7 Å². The van der Waals surface area contributed by atoms with Gasteiger partial charge in [0.25, 0.3) is 0 Å². The fourth-order valence-corrected chi connectivity index (χ4v) is 5.96. The van der Waals surface area contributed by atoms with E-state index in [4.69, 9.17) is 26.8 Å². The number of nitrogens with two attached hydrogens (primary N) is 1. The zero-order chi connectivity index (χ0) is 29.6. The minimum Gasteiger partial charge on any atom is -0.467 e. The maximum Gasteiger partial charge on any atom is 0.339 e. The first-order chi connectivity index (χ1) is 19.4. The number of methoxy groups -OCH3 is 1. The molecular weight excluding hydrogens is 538 g/mol. The molecule has 0 aliphatic carbocycles. The maximum absolute atomic E-state index is 13.9. The Bertz CT molecular complexity index is 1650. The molecule has 0 fully saturated rings. The highest BCUT2D eigenvalue weighted by molar-refractivity contribution is 6.30. The standard InChI is InChI=1S/C33H36ClN3O4/c1-19-17-24-28(21-11-13-23(34)14-12-21)27(31(32(39)40-6)41-33(3,4)5)20(2)29-30(24)36(19)15-16-37(29)26(38)18-22-9-7-8-10-25(22)35/h7-14,17,31H,15-16,18,35H2,1-6H3/t31-/m0/s1. The second kappa shape index (κ2) is 10.9. The number of carbonyl (C=O) groups is 2. The molecule has 0 spiro atoms. The minimum atomic E-state index is -1.03. The molecule has 1 aromatic heterocycles. The summed E-state index contributed by atoms with van der Waals surface area (Å²) in [4.78, 5) is 29.2. The van der Waals surface area contributed by atoms with Crippen molar-refractivity contribution in [3.8, 4) is 11.1 Å². The van der Waals surface area contributed by atoms with Crippen LogP contribution in [0.2, 0.25) is 5.02 Å². The molecule has 4 aromatic rings. The molecule has 7 nitrogen and oxygen atoms in total. The predicted molar refractivity (Wildman–Crippen MR) is 164 cm³/mol. The van der Waals surface area contributed by atoms with E-state index in [-0.39, 0.29) is 12.3 Å². The van der Waals surface area contributed by atoms with Crippen molar-refractivity contribution in [2.75, 3.05) is 24.3 Å². The van der Waals surface area contributed by atoms with E-state index in [9.17, 15) is 9.59 Å². The molecule has 2 heterocycles. The smallest absolute Gasteiger partial charge is 0.339 e. The van der Waals surface area contributed by atoms with Gasteiger partial charge in [0.15, 0.2) is 6.10 Å². The summed E-state index contributed by atoms with van der Waals surface area (Å²) in [6.07, 6.45) is -0.862. The van der Waals surface area contributed by atoms with Crippen LogP contribution in [0.5, 0.6) is 0 Å². The van der Waals surface area contributed by atoms with Gasteiger partial charge in [0.05, 0.1) is 30.3 Å². The molecule has 1 aliphatic rings. The molecule has 2 N–H and O–H groups in total. The molecule has 0 saturated heterocycles. The van der Waals surface area contributed by atoms with Gasteiger partial charge in [0.2, 0.25) is 5.91 Å². The second-order valence-electron chi connectivity index (χ2n) is 11.5. The third-order valence-electron chi connectivity index (χ3n) is 7.62. The molecule has 5 rings (SSSR count). The lowest BCUT2D eigenvalue weighted by Crippen LogP contribution is -2.39. The molecule has 0 radical (unpaired) electrons. The number of aryl methyl sites for hydroxylation is 1. The Labute approximate surface area is 245 Å². The third-order valence-corrected chi connectivity index (χ3v) is 7.87. The Kier molecular flexibility index (Phi) is 7.62. The molecule has 0 bridgehead atoms. The molecule has 1 amide bonds. The fraction of sp³-hybridized carbons (Fsp3) is 0.333. The van der Waals surface area contributed by atoms with E-state index >= 15 is 0 Å². The minimum absolute atomic E-state index is 0.0612. The summed E-state index contributed by atoms with van der Waals surface area (Å²) in [5, 5.41) is 1.55. The number of carbonyl (C=O) groups excluding carboxylic acids is 2. The van der Waals surface area contributed by atoms with Crippen LogP contribution in [0, 0.1) is 13.8 Å². The lowest BCUT2D eigenvalue weighted by atomic mass is 9.87. The van der Waals surface area contributed by atoms with E-state index in [1.165, 1.54) is 7.11 Å². The Morgan fingerprint density at radius 3 is 2.37 bits per heavy atom. The van der Waals surface area contributed by atoms with Gasteiger partial charge in [-0.3, -0.25) is 4.79 Å². The van der Waals surface area contributed by atoms with Gasteiger partial charge in [-0.1, -0.05) is 41.9 Å². The predicted octanol–water partition coefficient (Wildman–Crippen LogP) is 6.78. The zero-order valence-corrected chi connectivity index (χ0v) is 25.1. The number of ether oxygens (including phenoxy) is 2. The van der Waals surface area contributed by atoms with Gasteiger partial charge in [-0.25, -0.2) is 4.79 Å². The van der Waals surface area contributed by atoms with Crippen molar-refractivity contribution in [3.63, 3.8) is 0 Å². The number of amides is 1. The van der Waals surface area contributed by atoms with Crippen LogP contribution >= 0.6 is 11.6 Å². The Hall–Kier alpha value is -3.81. The second-order valence-corrected chi connectivity index (χ2v) is 12.0. The third kappa shape index (κ3) is 5.32. The number of aromatic nitrogens is 1. The highest BCUT2D eigenvalue weighted by atomic mass is 35.5. The lowest BCUT2D eigenvalue weighted by Gasteiger charge is -2.35. The highest BCUT2D eigenvalue weighted by Gasteiger charge is 2.37. The Morgan fingerprint density at radius 1 is 1.05 bits per heavy atom. The number of benzene rings is 3. The molecule has 8 heteroatoms. The van der Waals surface area contributed by atoms with Gasteiger partial charge in [-0.15, -0.1) is 0 Å². The average Bonchev–Trinajstić information content (AvgIpc) is 3.26. The van der Waals surface area contributed by atoms with Crippen LogP contribution in [0.15, 0.2) is 54.6 Å². The zero-order valence-electron chi connectivity index (χ0n) is 24.4. The van der Waals surface area contributed by atoms with Gasteiger partial charge in [0, 0.05) is 40.4 Å². The Balaban J connectivity index is 1.82. The number of anilines is 2. The van der Waals surface area contributed by atoms with Crippen LogP contribution in [0.3, 0.4) is 0 Å². The molecule has 1 atom stereocenters. The summed E-state index contributed by atoms with van der Waals surface area (Å²) in [6.45, 7) is 10.9. The number of nitrogen functional groups attached to an aromatic ring is 1. The molecule has 3 aromatic carbocycles. The summed E-state index contributed by atoms with van der Waals surface area (Å²) < 4.78 is 14.0. The van der Waals surface area contributed by atoms with Crippen molar-refractivity contribution in [2.45, 2.75) is 59.3 Å². The van der Waals surface area contributed by atoms with Crippen molar-refractivity contribution < 1.29 is 19.1 Å². The van der Waals surface area contributed by atoms with Crippen molar-refractivity contribution in [1.29, 1.82) is 0 Å². The normalized spacial score (nSPS) is 13.9. The summed E-state index contributed by atoms with van der Waals surface area (Å²) in [7, 11) is 1.36. The summed E-state index contributed by atoms with van der Waals surface area (Å²) in [6, 6.07) is 17.1. The average molecular weight is 574 g/mol. The first-order valence-electron chi connectivity index (χ1n) is 13.7. The Morgan fingerprint density at radius 2 is 1.73 bits per heavy atom. The van der Waals surface area contributed by atoms with Crippen molar-refractivity contribution in [3.05, 3.63) is 82.0 Å². The number of rotatable bonds is 6. The largest absolute Gasteiger partial charge is 0.467 e. The topological polar surface area (TPSA) is 86.8 Å². The number of para-hydroxylation sites is 1. The van der Waals surface area contributed by atoms with Gasteiger partial charge in [-0.2, -0.15) is 0 Å². The van der Waals surface area contributed by atoms with Crippen LogP contribution in [0.25, 0.3) is 22.0 Å². The summed E-state index contributed by atoms with van der Waals surface area (Å²) in [5.41, 5.74) is 12.9. The number of nitrogens with zero attached hydrogens (tertiary/aromatic N) is 2. The highest BCUT2D eigenvalue weighted by Crippen LogP contribution is 2.48. The van der Waals surface area contributed by atoms with E-state index in [0.29, 0.717) is 29.4 Å². The van der Waals surface area contributed by atoms with Crippen LogP contribution in [0.4, 0.5) is 11.4 Å². The molecule has 1 aliphatic heterocycles. The molecule has 214 valence electrons. The fourth-order valence-electron chi connectivity index (χ4n) is 5.83. The van der Waals surface area contributed by atoms with E-state index in [1.807, 2.05) is 75.1 Å². The lowest BCUT2D eigenvalue weighted by molar-refractivity contribution is -0.164. The van der Waals surface area contributed by atoms with E-state index < -0.39 is 17.7 Å². The molecule has 0 unspecified atom stereocenters. The van der Waals surface area contributed by atoms with Gasteiger partial charge in [0.1, 0.15) is 0 Å². The summed E-state index contributed by atoms with van der Waals surface area (Å²) >= 11 is 6.27. The van der Waals surface area contributed by atoms with Crippen molar-refractivity contribution >= 4 is 45.8 Å². The molecule has 0 saturated carbocycles. The van der Waals surface area contributed by atoms with Crippen molar-refractivity contribution in [1.82, 2.24) is 4.57 Å². The summed E-state index contributed by atoms with van der Waals surface area (Å²) in [5.74, 6) is -0.569. The number of esters is 1. The van der Waals surface area contributed by atoms with E-state index in [0.717, 1.165) is 44.5 Å². The van der Waals surface area contributed by atoms with Crippen LogP contribution in [-0.2, 0) is 32.0 Å². The first-order valence-corrected chi connectivity index (χ1v) is 14.1.